The first-order valence-electron chi connectivity index (χ1n) is 8.27. The van der Waals surface area contributed by atoms with E-state index in [4.69, 9.17) is 0 Å². The number of carbonyl (C=O) groups is 3. The molecule has 0 fully saturated rings. The summed E-state index contributed by atoms with van der Waals surface area (Å²) in [5.74, 6) is -0.298. The summed E-state index contributed by atoms with van der Waals surface area (Å²) in [5.41, 5.74) is 0.761. The first kappa shape index (κ1) is 18.5. The summed E-state index contributed by atoms with van der Waals surface area (Å²) in [6, 6.07) is 6.00. The SMILES string of the molecule is CCCC(C)NC(=O)C(CCSC)N1C(=O)c2ccccc2C1=O. The monoisotopic (exact) mass is 348 g/mol. The number of thioether (sulfide) groups is 1. The molecular formula is C18H24N2O3S. The molecule has 1 aromatic rings. The fourth-order valence-corrected chi connectivity index (χ4v) is 3.40. The van der Waals surface area contributed by atoms with E-state index in [1.54, 1.807) is 36.0 Å². The van der Waals surface area contributed by atoms with Gasteiger partial charge in [0, 0.05) is 6.04 Å². The van der Waals surface area contributed by atoms with Gasteiger partial charge in [0.05, 0.1) is 11.1 Å². The Morgan fingerprint density at radius 1 is 1.17 bits per heavy atom. The van der Waals surface area contributed by atoms with E-state index in [1.165, 1.54) is 0 Å². The van der Waals surface area contributed by atoms with Gasteiger partial charge in [0.2, 0.25) is 5.91 Å². The highest BCUT2D eigenvalue weighted by Crippen LogP contribution is 2.26. The molecule has 1 aliphatic rings. The summed E-state index contributed by atoms with van der Waals surface area (Å²) >= 11 is 1.59. The number of amides is 3. The molecule has 0 spiro atoms. The van der Waals surface area contributed by atoms with Crippen molar-refractivity contribution in [2.24, 2.45) is 0 Å². The Hall–Kier alpha value is -1.82. The van der Waals surface area contributed by atoms with E-state index in [9.17, 15) is 14.4 Å². The standard InChI is InChI=1S/C18H24N2O3S/c1-4-7-12(2)19-16(21)15(10-11-24-3)20-17(22)13-8-5-6-9-14(13)18(20)23/h5-6,8-9,12,15H,4,7,10-11H2,1-3H3,(H,19,21). The van der Waals surface area contributed by atoms with Crippen molar-refractivity contribution in [1.82, 2.24) is 10.2 Å². The van der Waals surface area contributed by atoms with Crippen molar-refractivity contribution in [2.45, 2.75) is 45.2 Å². The molecule has 2 rings (SSSR count). The van der Waals surface area contributed by atoms with Crippen LogP contribution < -0.4 is 5.32 Å². The lowest BCUT2D eigenvalue weighted by molar-refractivity contribution is -0.125. The number of imide groups is 1. The Bertz CT molecular complexity index is 597. The van der Waals surface area contributed by atoms with E-state index in [-0.39, 0.29) is 23.8 Å². The molecule has 1 aromatic carbocycles. The number of rotatable bonds is 8. The second kappa shape index (κ2) is 8.33. The lowest BCUT2D eigenvalue weighted by Gasteiger charge is -2.26. The lowest BCUT2D eigenvalue weighted by atomic mass is 10.1. The number of nitrogens with zero attached hydrogens (tertiary/aromatic N) is 1. The number of carbonyl (C=O) groups excluding carboxylic acids is 3. The molecule has 0 bridgehead atoms. The average molecular weight is 348 g/mol. The summed E-state index contributed by atoms with van der Waals surface area (Å²) in [4.78, 5) is 39.1. The van der Waals surface area contributed by atoms with Crippen LogP contribution in [0, 0.1) is 0 Å². The van der Waals surface area contributed by atoms with Gasteiger partial charge >= 0.3 is 0 Å². The average Bonchev–Trinajstić information content (AvgIpc) is 2.81. The van der Waals surface area contributed by atoms with E-state index in [1.807, 2.05) is 13.2 Å². The van der Waals surface area contributed by atoms with E-state index in [0.717, 1.165) is 17.7 Å². The minimum atomic E-state index is -0.760. The number of hydrogen-bond acceptors (Lipinski definition) is 4. The predicted octanol–water partition coefficient (Wildman–Crippen LogP) is 2.71. The second-order valence-electron chi connectivity index (χ2n) is 6.02. The molecule has 24 heavy (non-hydrogen) atoms. The lowest BCUT2D eigenvalue weighted by Crippen LogP contribution is -2.51. The number of fused-ring (bicyclic) bond motifs is 1. The molecule has 1 N–H and O–H groups in total. The largest absolute Gasteiger partial charge is 0.352 e. The molecule has 0 aromatic heterocycles. The summed E-state index contributed by atoms with van der Waals surface area (Å²) in [6.07, 6.45) is 4.22. The Kier molecular flexibility index (Phi) is 6.43. The third-order valence-corrected chi connectivity index (χ3v) is 4.79. The molecule has 1 heterocycles. The Labute approximate surface area is 147 Å². The van der Waals surface area contributed by atoms with Crippen LogP contribution in [0.2, 0.25) is 0 Å². The first-order valence-corrected chi connectivity index (χ1v) is 9.66. The summed E-state index contributed by atoms with van der Waals surface area (Å²) < 4.78 is 0. The molecule has 0 aliphatic carbocycles. The minimum absolute atomic E-state index is 0.0227. The van der Waals surface area contributed by atoms with Crippen molar-refractivity contribution in [3.8, 4) is 0 Å². The van der Waals surface area contributed by atoms with Crippen LogP contribution in [-0.4, -0.2) is 46.7 Å². The highest BCUT2D eigenvalue weighted by Gasteiger charge is 2.42. The zero-order valence-corrected chi connectivity index (χ0v) is 15.2. The molecule has 3 amide bonds. The van der Waals surface area contributed by atoms with Gasteiger partial charge in [-0.1, -0.05) is 25.5 Å². The maximum Gasteiger partial charge on any atom is 0.262 e. The van der Waals surface area contributed by atoms with Crippen molar-refractivity contribution in [1.29, 1.82) is 0 Å². The van der Waals surface area contributed by atoms with Crippen LogP contribution in [0.3, 0.4) is 0 Å². The van der Waals surface area contributed by atoms with Crippen molar-refractivity contribution in [3.63, 3.8) is 0 Å². The predicted molar refractivity (Wildman–Crippen MR) is 96.2 cm³/mol. The third kappa shape index (κ3) is 3.80. The first-order chi connectivity index (χ1) is 11.5. The van der Waals surface area contributed by atoms with Crippen LogP contribution >= 0.6 is 11.8 Å². The van der Waals surface area contributed by atoms with Crippen molar-refractivity contribution < 1.29 is 14.4 Å². The maximum atomic E-state index is 12.7. The quantitative estimate of drug-likeness (QED) is 0.734. The highest BCUT2D eigenvalue weighted by molar-refractivity contribution is 7.98. The van der Waals surface area contributed by atoms with Gasteiger partial charge in [0.15, 0.2) is 0 Å². The Balaban J connectivity index is 2.24. The molecule has 1 aliphatic heterocycles. The molecule has 6 heteroatoms. The number of hydrogen-bond donors (Lipinski definition) is 1. The van der Waals surface area contributed by atoms with Crippen molar-refractivity contribution >= 4 is 29.5 Å². The van der Waals surface area contributed by atoms with E-state index in [0.29, 0.717) is 23.3 Å². The topological polar surface area (TPSA) is 66.5 Å². The molecule has 0 radical (unpaired) electrons. The normalized spacial score (nSPS) is 16.0. The maximum absolute atomic E-state index is 12.7. The molecule has 0 saturated carbocycles. The molecule has 2 atom stereocenters. The van der Waals surface area contributed by atoms with Crippen LogP contribution in [0.1, 0.15) is 53.8 Å². The second-order valence-corrected chi connectivity index (χ2v) is 7.01. The van der Waals surface area contributed by atoms with Crippen LogP contribution in [0.4, 0.5) is 0 Å². The van der Waals surface area contributed by atoms with Crippen LogP contribution in [-0.2, 0) is 4.79 Å². The summed E-state index contributed by atoms with van der Waals surface area (Å²) in [7, 11) is 0. The fraction of sp³-hybridized carbons (Fsp3) is 0.500. The molecule has 130 valence electrons. The van der Waals surface area contributed by atoms with E-state index >= 15 is 0 Å². The van der Waals surface area contributed by atoms with Gasteiger partial charge in [-0.25, -0.2) is 0 Å². The molecule has 5 nitrogen and oxygen atoms in total. The molecule has 0 saturated heterocycles. The minimum Gasteiger partial charge on any atom is -0.352 e. The van der Waals surface area contributed by atoms with Gasteiger partial charge in [0.1, 0.15) is 6.04 Å². The molecule has 2 unspecified atom stereocenters. The van der Waals surface area contributed by atoms with Crippen LogP contribution in [0.15, 0.2) is 24.3 Å². The Morgan fingerprint density at radius 2 is 1.75 bits per heavy atom. The number of benzene rings is 1. The smallest absolute Gasteiger partial charge is 0.262 e. The van der Waals surface area contributed by atoms with E-state index < -0.39 is 6.04 Å². The van der Waals surface area contributed by atoms with Crippen molar-refractivity contribution in [2.75, 3.05) is 12.0 Å². The van der Waals surface area contributed by atoms with Crippen LogP contribution in [0.25, 0.3) is 0 Å². The summed E-state index contributed by atoms with van der Waals surface area (Å²) in [6.45, 7) is 3.99. The van der Waals surface area contributed by atoms with E-state index in [2.05, 4.69) is 12.2 Å². The number of nitrogens with one attached hydrogen (secondary N) is 1. The van der Waals surface area contributed by atoms with Crippen molar-refractivity contribution in [3.05, 3.63) is 35.4 Å². The zero-order valence-electron chi connectivity index (χ0n) is 14.4. The molecular weight excluding hydrogens is 324 g/mol. The fourth-order valence-electron chi connectivity index (χ4n) is 2.94. The van der Waals surface area contributed by atoms with Gasteiger partial charge in [-0.15, -0.1) is 0 Å². The highest BCUT2D eigenvalue weighted by atomic mass is 32.2. The van der Waals surface area contributed by atoms with Gasteiger partial charge < -0.3 is 5.32 Å². The Morgan fingerprint density at radius 3 is 2.25 bits per heavy atom. The summed E-state index contributed by atoms with van der Waals surface area (Å²) in [5, 5.41) is 2.94. The van der Waals surface area contributed by atoms with Crippen LogP contribution in [0.5, 0.6) is 0 Å². The zero-order chi connectivity index (χ0) is 17.7. The van der Waals surface area contributed by atoms with Gasteiger partial charge in [-0.2, -0.15) is 11.8 Å². The van der Waals surface area contributed by atoms with Gasteiger partial charge in [-0.05, 0) is 43.9 Å². The van der Waals surface area contributed by atoms with Gasteiger partial charge in [-0.3, -0.25) is 19.3 Å². The third-order valence-electron chi connectivity index (χ3n) is 4.15. The van der Waals surface area contributed by atoms with Gasteiger partial charge in [0.25, 0.3) is 11.8 Å².